The van der Waals surface area contributed by atoms with Gasteiger partial charge in [0, 0.05) is 16.6 Å². The maximum absolute atomic E-state index is 12.5. The van der Waals surface area contributed by atoms with Gasteiger partial charge in [-0.15, -0.1) is 0 Å². The average molecular weight is 285 g/mol. The van der Waals surface area contributed by atoms with Crippen LogP contribution < -0.4 is 0 Å². The molecule has 1 atom stereocenters. The minimum atomic E-state index is -1.16. The average Bonchev–Trinajstić information content (AvgIpc) is 2.85. The molecule has 1 heterocycles. The van der Waals surface area contributed by atoms with Crippen LogP contribution in [0.1, 0.15) is 37.9 Å². The Labute approximate surface area is 123 Å². The Kier molecular flexibility index (Phi) is 3.32. The number of carbonyl (C=O) groups excluding carboxylic acids is 2. The number of rotatable bonds is 3. The van der Waals surface area contributed by atoms with E-state index in [1.165, 1.54) is 6.92 Å². The Morgan fingerprint density at radius 3 is 2.81 bits per heavy atom. The Morgan fingerprint density at radius 2 is 2.10 bits per heavy atom. The highest BCUT2D eigenvalue weighted by molar-refractivity contribution is 6.10. The molecule has 0 amide bonds. The zero-order valence-corrected chi connectivity index (χ0v) is 12.4. The molecule has 1 unspecified atom stereocenters. The van der Waals surface area contributed by atoms with Gasteiger partial charge in [-0.1, -0.05) is 18.2 Å². The predicted molar refractivity (Wildman–Crippen MR) is 80.2 cm³/mol. The number of esters is 1. The number of ketones is 1. The summed E-state index contributed by atoms with van der Waals surface area (Å²) in [6, 6.07) is 7.94. The van der Waals surface area contributed by atoms with E-state index in [9.17, 15) is 9.59 Å². The van der Waals surface area contributed by atoms with Crippen LogP contribution in [0.25, 0.3) is 10.9 Å². The Bertz CT molecular complexity index is 716. The third-order valence-electron chi connectivity index (χ3n) is 4.44. The Hall–Kier alpha value is -2.10. The van der Waals surface area contributed by atoms with Gasteiger partial charge in [0.2, 0.25) is 0 Å². The van der Waals surface area contributed by atoms with E-state index in [-0.39, 0.29) is 12.4 Å². The normalized spacial score (nSPS) is 21.0. The number of hydrogen-bond donors (Lipinski definition) is 1. The lowest BCUT2D eigenvalue weighted by Gasteiger charge is -2.32. The Morgan fingerprint density at radius 1 is 1.33 bits per heavy atom. The third kappa shape index (κ3) is 1.89. The first-order chi connectivity index (χ1) is 10.1. The van der Waals surface area contributed by atoms with E-state index in [0.29, 0.717) is 6.42 Å². The van der Waals surface area contributed by atoms with Crippen LogP contribution in [0, 0.1) is 0 Å². The van der Waals surface area contributed by atoms with Crippen molar-refractivity contribution in [3.63, 3.8) is 0 Å². The molecule has 0 bridgehead atoms. The van der Waals surface area contributed by atoms with Gasteiger partial charge >= 0.3 is 5.97 Å². The second-order valence-electron chi connectivity index (χ2n) is 5.56. The van der Waals surface area contributed by atoms with Gasteiger partial charge in [0.1, 0.15) is 0 Å². The van der Waals surface area contributed by atoms with E-state index >= 15 is 0 Å². The minimum Gasteiger partial charge on any atom is -0.465 e. The third-order valence-corrected chi connectivity index (χ3v) is 4.44. The van der Waals surface area contributed by atoms with Crippen molar-refractivity contribution in [2.45, 2.75) is 38.5 Å². The second-order valence-corrected chi connectivity index (χ2v) is 5.56. The molecule has 1 aromatic heterocycles. The molecule has 0 fully saturated rings. The van der Waals surface area contributed by atoms with Gasteiger partial charge in [0.05, 0.1) is 6.61 Å². The van der Waals surface area contributed by atoms with Gasteiger partial charge in [0.15, 0.2) is 11.2 Å². The van der Waals surface area contributed by atoms with Crippen LogP contribution in [0.4, 0.5) is 0 Å². The summed E-state index contributed by atoms with van der Waals surface area (Å²) in [5, 5.41) is 1.10. The monoisotopic (exact) mass is 285 g/mol. The second kappa shape index (κ2) is 5.02. The maximum Gasteiger partial charge on any atom is 0.325 e. The fourth-order valence-electron chi connectivity index (χ4n) is 3.43. The molecule has 0 saturated carbocycles. The molecule has 4 heteroatoms. The molecule has 0 saturated heterocycles. The van der Waals surface area contributed by atoms with Crippen LogP contribution in [-0.4, -0.2) is 23.3 Å². The number of hydrogen-bond acceptors (Lipinski definition) is 3. The standard InChI is InChI=1S/C17H19NO3/c1-3-21-16(20)17(11(2)19)10-6-8-13-12-7-4-5-9-14(12)18-15(13)17/h4-5,7,9,18H,3,6,8,10H2,1-2H3. The van der Waals surface area contributed by atoms with Gasteiger partial charge in [-0.2, -0.15) is 0 Å². The lowest BCUT2D eigenvalue weighted by molar-refractivity contribution is -0.154. The van der Waals surface area contributed by atoms with Crippen molar-refractivity contribution in [3.05, 3.63) is 35.5 Å². The topological polar surface area (TPSA) is 59.2 Å². The summed E-state index contributed by atoms with van der Waals surface area (Å²) in [4.78, 5) is 28.2. The van der Waals surface area contributed by atoms with Crippen molar-refractivity contribution in [2.75, 3.05) is 6.61 Å². The summed E-state index contributed by atoms with van der Waals surface area (Å²) in [5.41, 5.74) is 1.63. The molecule has 110 valence electrons. The molecule has 1 N–H and O–H groups in total. The summed E-state index contributed by atoms with van der Waals surface area (Å²) >= 11 is 0. The van der Waals surface area contributed by atoms with Crippen molar-refractivity contribution in [2.24, 2.45) is 0 Å². The molecule has 21 heavy (non-hydrogen) atoms. The quantitative estimate of drug-likeness (QED) is 0.697. The molecule has 0 spiro atoms. The van der Waals surface area contributed by atoms with E-state index in [1.807, 2.05) is 24.3 Å². The van der Waals surface area contributed by atoms with Crippen LogP contribution in [0.3, 0.4) is 0 Å². The molecule has 4 nitrogen and oxygen atoms in total. The summed E-state index contributed by atoms with van der Waals surface area (Å²) in [7, 11) is 0. The smallest absolute Gasteiger partial charge is 0.325 e. The first-order valence-corrected chi connectivity index (χ1v) is 7.39. The van der Waals surface area contributed by atoms with Crippen LogP contribution >= 0.6 is 0 Å². The van der Waals surface area contributed by atoms with Gasteiger partial charge in [0.25, 0.3) is 0 Å². The lowest BCUT2D eigenvalue weighted by Crippen LogP contribution is -2.46. The SMILES string of the molecule is CCOC(=O)C1(C(C)=O)CCCc2c1[nH]c1ccccc21. The van der Waals surface area contributed by atoms with Crippen LogP contribution in [0.2, 0.25) is 0 Å². The number of nitrogens with one attached hydrogen (secondary N) is 1. The number of H-pyrrole nitrogens is 1. The van der Waals surface area contributed by atoms with Gasteiger partial charge in [-0.3, -0.25) is 9.59 Å². The highest BCUT2D eigenvalue weighted by atomic mass is 16.5. The van der Waals surface area contributed by atoms with Crippen LogP contribution in [0.5, 0.6) is 0 Å². The largest absolute Gasteiger partial charge is 0.465 e. The van der Waals surface area contributed by atoms with Crippen molar-refractivity contribution < 1.29 is 14.3 Å². The zero-order valence-electron chi connectivity index (χ0n) is 12.4. The van der Waals surface area contributed by atoms with Crippen molar-refractivity contribution >= 4 is 22.7 Å². The molecule has 0 radical (unpaired) electrons. The number of fused-ring (bicyclic) bond motifs is 3. The van der Waals surface area contributed by atoms with E-state index in [1.54, 1.807) is 6.92 Å². The molecule has 1 aliphatic carbocycles. The zero-order chi connectivity index (χ0) is 15.0. The lowest BCUT2D eigenvalue weighted by atomic mass is 9.70. The summed E-state index contributed by atoms with van der Waals surface area (Å²) in [6.45, 7) is 3.53. The van der Waals surface area contributed by atoms with Gasteiger partial charge < -0.3 is 9.72 Å². The summed E-state index contributed by atoms with van der Waals surface area (Å²) in [6.07, 6.45) is 2.21. The van der Waals surface area contributed by atoms with E-state index < -0.39 is 11.4 Å². The summed E-state index contributed by atoms with van der Waals surface area (Å²) in [5.74, 6) is -0.571. The first kappa shape index (κ1) is 13.9. The number of aryl methyl sites for hydroxylation is 1. The van der Waals surface area contributed by atoms with Gasteiger partial charge in [-0.05, 0) is 44.7 Å². The van der Waals surface area contributed by atoms with Crippen LogP contribution in [0.15, 0.2) is 24.3 Å². The molecule has 3 rings (SSSR count). The number of aromatic nitrogens is 1. The maximum atomic E-state index is 12.5. The molecule has 1 aliphatic rings. The molecular formula is C17H19NO3. The number of benzene rings is 1. The molecular weight excluding hydrogens is 266 g/mol. The number of para-hydroxylation sites is 1. The highest BCUT2D eigenvalue weighted by Gasteiger charge is 2.50. The predicted octanol–water partition coefficient (Wildman–Crippen LogP) is 2.89. The first-order valence-electron chi connectivity index (χ1n) is 7.39. The Balaban J connectivity index is 2.26. The van der Waals surface area contributed by atoms with E-state index in [4.69, 9.17) is 4.74 Å². The van der Waals surface area contributed by atoms with E-state index in [2.05, 4.69) is 4.98 Å². The molecule has 0 aliphatic heterocycles. The van der Waals surface area contributed by atoms with Gasteiger partial charge in [-0.25, -0.2) is 0 Å². The summed E-state index contributed by atoms with van der Waals surface area (Å²) < 4.78 is 5.22. The van der Waals surface area contributed by atoms with E-state index in [0.717, 1.165) is 35.0 Å². The van der Waals surface area contributed by atoms with Crippen molar-refractivity contribution in [3.8, 4) is 0 Å². The van der Waals surface area contributed by atoms with Crippen molar-refractivity contribution in [1.82, 2.24) is 4.98 Å². The fourth-order valence-corrected chi connectivity index (χ4v) is 3.43. The number of carbonyl (C=O) groups is 2. The number of ether oxygens (including phenoxy) is 1. The molecule has 1 aromatic carbocycles. The minimum absolute atomic E-state index is 0.145. The number of Topliss-reactive ketones (excluding diaryl/α,β-unsaturated/α-hetero) is 1. The number of aromatic amines is 1. The van der Waals surface area contributed by atoms with Crippen LogP contribution in [-0.2, 0) is 26.2 Å². The highest BCUT2D eigenvalue weighted by Crippen LogP contribution is 2.42. The van der Waals surface area contributed by atoms with Crippen molar-refractivity contribution in [1.29, 1.82) is 0 Å². The molecule has 2 aromatic rings. The fraction of sp³-hybridized carbons (Fsp3) is 0.412.